The van der Waals surface area contributed by atoms with Gasteiger partial charge < -0.3 is 10.6 Å². The van der Waals surface area contributed by atoms with Gasteiger partial charge in [-0.3, -0.25) is 9.89 Å². The molecule has 5 nitrogen and oxygen atoms in total. The average molecular weight is 406 g/mol. The molecule has 1 saturated heterocycles. The van der Waals surface area contributed by atoms with Crippen LogP contribution in [0.3, 0.4) is 0 Å². The lowest BCUT2D eigenvalue weighted by Crippen LogP contribution is -2.41. The summed E-state index contributed by atoms with van der Waals surface area (Å²) in [5.74, 6) is 1.62. The van der Waals surface area contributed by atoms with Crippen LogP contribution < -0.4 is 10.6 Å². The maximum Gasteiger partial charge on any atom is 0.401 e. The Morgan fingerprint density at radius 3 is 2.59 bits per heavy atom. The number of rotatable bonds is 7. The highest BCUT2D eigenvalue weighted by molar-refractivity contribution is 7.09. The molecule has 1 aliphatic rings. The van der Waals surface area contributed by atoms with Crippen LogP contribution in [-0.4, -0.2) is 55.2 Å². The van der Waals surface area contributed by atoms with E-state index in [4.69, 9.17) is 0 Å². The van der Waals surface area contributed by atoms with Gasteiger partial charge in [0.1, 0.15) is 5.01 Å². The molecule has 0 unspecified atom stereocenters. The second kappa shape index (κ2) is 10.3. The minimum Gasteiger partial charge on any atom is -0.356 e. The summed E-state index contributed by atoms with van der Waals surface area (Å²) in [5, 5.41) is 9.66. The number of nitrogens with zero attached hydrogens (tertiary/aromatic N) is 3. The van der Waals surface area contributed by atoms with Crippen molar-refractivity contribution in [3.63, 3.8) is 0 Å². The van der Waals surface area contributed by atoms with Crippen LogP contribution in [0.4, 0.5) is 13.2 Å². The van der Waals surface area contributed by atoms with Crippen molar-refractivity contribution in [3.05, 3.63) is 16.1 Å². The molecule has 0 bridgehead atoms. The first kappa shape index (κ1) is 21.9. The molecule has 0 saturated carbocycles. The fourth-order valence-corrected chi connectivity index (χ4v) is 4.03. The average Bonchev–Trinajstić information content (AvgIpc) is 3.07. The fraction of sp³-hybridized carbons (Fsp3) is 0.778. The zero-order chi connectivity index (χ0) is 19.9. The van der Waals surface area contributed by atoms with E-state index in [-0.39, 0.29) is 0 Å². The number of aromatic nitrogens is 1. The van der Waals surface area contributed by atoms with Crippen molar-refractivity contribution in [1.29, 1.82) is 0 Å². The quantitative estimate of drug-likeness (QED) is 0.538. The van der Waals surface area contributed by atoms with Crippen LogP contribution in [0.5, 0.6) is 0 Å². The Balaban J connectivity index is 1.63. The van der Waals surface area contributed by atoms with Gasteiger partial charge in [-0.15, -0.1) is 11.3 Å². The van der Waals surface area contributed by atoms with Gasteiger partial charge in [-0.25, -0.2) is 4.98 Å². The van der Waals surface area contributed by atoms with Crippen LogP contribution in [0.15, 0.2) is 10.4 Å². The number of hydrogen-bond donors (Lipinski definition) is 2. The number of likely N-dealkylation sites (tertiary alicyclic amines) is 1. The Morgan fingerprint density at radius 1 is 1.33 bits per heavy atom. The minimum absolute atomic E-state index is 0.426. The lowest BCUT2D eigenvalue weighted by atomic mass is 9.93. The molecule has 27 heavy (non-hydrogen) atoms. The van der Waals surface area contributed by atoms with Gasteiger partial charge in [0.15, 0.2) is 5.96 Å². The summed E-state index contributed by atoms with van der Waals surface area (Å²) in [5.41, 5.74) is 1.11. The van der Waals surface area contributed by atoms with Gasteiger partial charge in [0.05, 0.1) is 18.8 Å². The molecule has 0 aromatic carbocycles. The van der Waals surface area contributed by atoms with E-state index in [0.717, 1.165) is 42.5 Å². The molecule has 0 radical (unpaired) electrons. The number of alkyl halides is 3. The third kappa shape index (κ3) is 8.04. The van der Waals surface area contributed by atoms with Gasteiger partial charge in [-0.05, 0) is 44.2 Å². The van der Waals surface area contributed by atoms with Gasteiger partial charge >= 0.3 is 6.18 Å². The number of aliphatic imine (C=N–C) groups is 1. The number of guanidine groups is 1. The Labute approximate surface area is 163 Å². The Kier molecular flexibility index (Phi) is 8.34. The summed E-state index contributed by atoms with van der Waals surface area (Å²) >= 11 is 1.64. The van der Waals surface area contributed by atoms with E-state index in [1.165, 1.54) is 4.90 Å². The first-order chi connectivity index (χ1) is 12.8. The molecular weight excluding hydrogens is 375 g/mol. The highest BCUT2D eigenvalue weighted by Gasteiger charge is 2.32. The van der Waals surface area contributed by atoms with E-state index in [0.29, 0.717) is 31.5 Å². The number of hydrogen-bond acceptors (Lipinski definition) is 4. The molecule has 0 amide bonds. The zero-order valence-electron chi connectivity index (χ0n) is 16.3. The molecule has 2 heterocycles. The van der Waals surface area contributed by atoms with Gasteiger partial charge in [0, 0.05) is 19.0 Å². The topological polar surface area (TPSA) is 52.6 Å². The monoisotopic (exact) mass is 405 g/mol. The lowest BCUT2D eigenvalue weighted by molar-refractivity contribution is -0.148. The summed E-state index contributed by atoms with van der Waals surface area (Å²) in [6.45, 7) is 5.91. The molecule has 1 aromatic heterocycles. The Bertz CT molecular complexity index is 592. The van der Waals surface area contributed by atoms with E-state index in [9.17, 15) is 13.2 Å². The van der Waals surface area contributed by atoms with Crippen molar-refractivity contribution < 1.29 is 13.2 Å². The zero-order valence-corrected chi connectivity index (χ0v) is 17.1. The number of thiazole rings is 1. The van der Waals surface area contributed by atoms with Crippen LogP contribution in [0.25, 0.3) is 0 Å². The van der Waals surface area contributed by atoms with Crippen LogP contribution in [-0.2, 0) is 6.54 Å². The van der Waals surface area contributed by atoms with Crippen molar-refractivity contribution in [2.24, 2.45) is 10.9 Å². The van der Waals surface area contributed by atoms with Crippen LogP contribution in [0, 0.1) is 5.92 Å². The van der Waals surface area contributed by atoms with Crippen LogP contribution in [0.2, 0.25) is 0 Å². The minimum atomic E-state index is -4.10. The lowest BCUT2D eigenvalue weighted by Gasteiger charge is -2.32. The third-order valence-corrected chi connectivity index (χ3v) is 5.61. The van der Waals surface area contributed by atoms with Gasteiger partial charge in [-0.2, -0.15) is 13.2 Å². The summed E-state index contributed by atoms with van der Waals surface area (Å²) in [7, 11) is 1.73. The van der Waals surface area contributed by atoms with Crippen molar-refractivity contribution in [2.75, 3.05) is 33.2 Å². The Hall–Kier alpha value is -1.35. The van der Waals surface area contributed by atoms with Crippen molar-refractivity contribution in [3.8, 4) is 0 Å². The predicted molar refractivity (Wildman–Crippen MR) is 104 cm³/mol. The van der Waals surface area contributed by atoms with Crippen LogP contribution >= 0.6 is 11.3 Å². The molecule has 1 fully saturated rings. The molecule has 9 heteroatoms. The molecular formula is C18H30F3N5S. The highest BCUT2D eigenvalue weighted by atomic mass is 32.1. The fourth-order valence-electron chi connectivity index (χ4n) is 3.13. The molecule has 1 aliphatic heterocycles. The maximum atomic E-state index is 12.4. The van der Waals surface area contributed by atoms with Crippen molar-refractivity contribution in [2.45, 2.75) is 51.7 Å². The predicted octanol–water partition coefficient (Wildman–Crippen LogP) is 3.60. The second-order valence-electron chi connectivity index (χ2n) is 7.30. The molecule has 2 rings (SSSR count). The first-order valence-corrected chi connectivity index (χ1v) is 10.3. The van der Waals surface area contributed by atoms with E-state index in [2.05, 4.69) is 39.8 Å². The van der Waals surface area contributed by atoms with E-state index < -0.39 is 12.7 Å². The van der Waals surface area contributed by atoms with Gasteiger partial charge in [-0.1, -0.05) is 13.8 Å². The smallest absolute Gasteiger partial charge is 0.356 e. The normalized spacial score (nSPS) is 17.5. The standard InChI is InChI=1S/C18H30F3N5S/c1-13(2)15-11-27-16(25-15)10-24-17(22-3)23-7-4-14-5-8-26(9-6-14)12-18(19,20)21/h11,13-14H,4-10,12H2,1-3H3,(H2,22,23,24). The third-order valence-electron chi connectivity index (χ3n) is 4.75. The molecule has 2 N–H and O–H groups in total. The Morgan fingerprint density at radius 2 is 2.04 bits per heavy atom. The van der Waals surface area contributed by atoms with E-state index in [1.807, 2.05) is 0 Å². The largest absolute Gasteiger partial charge is 0.401 e. The molecule has 0 aliphatic carbocycles. The van der Waals surface area contributed by atoms with Crippen molar-refractivity contribution in [1.82, 2.24) is 20.5 Å². The first-order valence-electron chi connectivity index (χ1n) is 9.44. The molecule has 0 atom stereocenters. The summed E-state index contributed by atoms with van der Waals surface area (Å²) in [6.07, 6.45) is -1.52. The molecule has 0 spiro atoms. The summed E-state index contributed by atoms with van der Waals surface area (Å²) in [6, 6.07) is 0. The van der Waals surface area contributed by atoms with Crippen molar-refractivity contribution >= 4 is 17.3 Å². The van der Waals surface area contributed by atoms with E-state index in [1.54, 1.807) is 18.4 Å². The summed E-state index contributed by atoms with van der Waals surface area (Å²) < 4.78 is 37.3. The number of piperidine rings is 1. The molecule has 154 valence electrons. The van der Waals surface area contributed by atoms with Crippen LogP contribution in [0.1, 0.15) is 49.7 Å². The molecule has 1 aromatic rings. The van der Waals surface area contributed by atoms with Gasteiger partial charge in [0.2, 0.25) is 0 Å². The number of halogens is 3. The maximum absolute atomic E-state index is 12.4. The summed E-state index contributed by atoms with van der Waals surface area (Å²) in [4.78, 5) is 10.3. The SMILES string of the molecule is CN=C(NCCC1CCN(CC(F)(F)F)CC1)NCc1nc(C(C)C)cs1. The van der Waals surface area contributed by atoms with Gasteiger partial charge in [0.25, 0.3) is 0 Å². The second-order valence-corrected chi connectivity index (χ2v) is 8.24. The number of nitrogens with one attached hydrogen (secondary N) is 2. The highest BCUT2D eigenvalue weighted by Crippen LogP contribution is 2.24. The van der Waals surface area contributed by atoms with E-state index >= 15 is 0 Å².